The molecule has 1 aromatic carbocycles. The number of hydrogen-bond donors (Lipinski definition) is 1. The van der Waals surface area contributed by atoms with E-state index in [4.69, 9.17) is 4.74 Å². The van der Waals surface area contributed by atoms with E-state index in [-0.39, 0.29) is 11.7 Å². The second-order valence-corrected chi connectivity index (χ2v) is 4.09. The van der Waals surface area contributed by atoms with Gasteiger partial charge in [0, 0.05) is 12.0 Å². The van der Waals surface area contributed by atoms with E-state index in [0.717, 1.165) is 23.0 Å². The molecular weight excluding hydrogens is 204 g/mol. The summed E-state index contributed by atoms with van der Waals surface area (Å²) in [6.45, 7) is 5.73. The summed E-state index contributed by atoms with van der Waals surface area (Å²) >= 11 is 0. The summed E-state index contributed by atoms with van der Waals surface area (Å²) in [5.41, 5.74) is 2.71. The third-order valence-electron chi connectivity index (χ3n) is 2.98. The van der Waals surface area contributed by atoms with Gasteiger partial charge in [0.25, 0.3) is 0 Å². The monoisotopic (exact) mass is 222 g/mol. The number of aromatic hydroxyl groups is 1. The molecule has 0 bridgehead atoms. The van der Waals surface area contributed by atoms with E-state index in [9.17, 15) is 9.90 Å². The number of rotatable bonds is 4. The smallest absolute Gasteiger partial charge is 0.164 e. The lowest BCUT2D eigenvalue weighted by Crippen LogP contribution is -2.01. The predicted octanol–water partition coefficient (Wildman–Crippen LogP) is 2.71. The molecule has 0 spiro atoms. The van der Waals surface area contributed by atoms with Crippen molar-refractivity contribution in [3.63, 3.8) is 0 Å². The third-order valence-corrected chi connectivity index (χ3v) is 2.98. The van der Waals surface area contributed by atoms with E-state index in [2.05, 4.69) is 0 Å². The predicted molar refractivity (Wildman–Crippen MR) is 63.2 cm³/mol. The Bertz CT molecular complexity index is 397. The number of phenols is 1. The molecular formula is C13H18O3. The van der Waals surface area contributed by atoms with Crippen molar-refractivity contribution in [3.05, 3.63) is 22.8 Å². The molecule has 0 aliphatic rings. The summed E-state index contributed by atoms with van der Waals surface area (Å²) in [5.74, 6) is 0.713. The van der Waals surface area contributed by atoms with Crippen LogP contribution in [0.5, 0.6) is 11.5 Å². The molecule has 88 valence electrons. The first-order chi connectivity index (χ1) is 7.52. The van der Waals surface area contributed by atoms with Gasteiger partial charge in [-0.2, -0.15) is 0 Å². The summed E-state index contributed by atoms with van der Waals surface area (Å²) in [6.07, 6.45) is 1.31. The Labute approximate surface area is 96.1 Å². The van der Waals surface area contributed by atoms with E-state index in [1.165, 1.54) is 7.11 Å². The average Bonchev–Trinajstić information content (AvgIpc) is 2.26. The number of aryl methyl sites for hydroxylation is 1. The molecule has 1 aromatic rings. The van der Waals surface area contributed by atoms with Gasteiger partial charge in [-0.05, 0) is 30.9 Å². The van der Waals surface area contributed by atoms with Crippen molar-refractivity contribution < 1.29 is 14.6 Å². The van der Waals surface area contributed by atoms with Crippen molar-refractivity contribution in [2.75, 3.05) is 7.11 Å². The fourth-order valence-electron chi connectivity index (χ4n) is 1.75. The Kier molecular flexibility index (Phi) is 3.93. The maximum atomic E-state index is 10.5. The van der Waals surface area contributed by atoms with Gasteiger partial charge in [0.15, 0.2) is 11.5 Å². The summed E-state index contributed by atoms with van der Waals surface area (Å²) < 4.78 is 5.21. The topological polar surface area (TPSA) is 46.5 Å². The van der Waals surface area contributed by atoms with Crippen LogP contribution in [0.2, 0.25) is 0 Å². The molecule has 0 aliphatic carbocycles. The molecule has 0 amide bonds. The molecule has 3 nitrogen and oxygen atoms in total. The van der Waals surface area contributed by atoms with Crippen LogP contribution in [0.1, 0.15) is 36.0 Å². The molecule has 0 radical (unpaired) electrons. The van der Waals surface area contributed by atoms with E-state index in [1.807, 2.05) is 26.8 Å². The summed E-state index contributed by atoms with van der Waals surface area (Å²) in [7, 11) is 1.53. The standard InChI is InChI=1S/C13H18O3/c1-8(5-6-14)11-7-9(2)10(3)12(15)13(11)16-4/h6-8,15H,5H2,1-4H3. The van der Waals surface area contributed by atoms with Crippen molar-refractivity contribution in [2.45, 2.75) is 33.1 Å². The Morgan fingerprint density at radius 1 is 1.50 bits per heavy atom. The molecule has 1 N–H and O–H groups in total. The van der Waals surface area contributed by atoms with Crippen molar-refractivity contribution >= 4 is 6.29 Å². The molecule has 0 saturated heterocycles. The zero-order valence-corrected chi connectivity index (χ0v) is 10.2. The summed E-state index contributed by atoms with van der Waals surface area (Å²) in [4.78, 5) is 10.5. The molecule has 0 saturated carbocycles. The minimum Gasteiger partial charge on any atom is -0.504 e. The number of carbonyl (C=O) groups excluding carboxylic acids is 1. The summed E-state index contributed by atoms with van der Waals surface area (Å²) in [5, 5.41) is 9.96. The van der Waals surface area contributed by atoms with Crippen molar-refractivity contribution in [3.8, 4) is 11.5 Å². The van der Waals surface area contributed by atoms with Crippen LogP contribution in [0, 0.1) is 13.8 Å². The fraction of sp³-hybridized carbons (Fsp3) is 0.462. The number of carbonyl (C=O) groups is 1. The molecule has 0 aliphatic heterocycles. The van der Waals surface area contributed by atoms with Gasteiger partial charge in [-0.25, -0.2) is 0 Å². The quantitative estimate of drug-likeness (QED) is 0.797. The van der Waals surface area contributed by atoms with Gasteiger partial charge in [0.2, 0.25) is 0 Å². The average molecular weight is 222 g/mol. The largest absolute Gasteiger partial charge is 0.504 e. The molecule has 3 heteroatoms. The van der Waals surface area contributed by atoms with Crippen LogP contribution >= 0.6 is 0 Å². The maximum absolute atomic E-state index is 10.5. The Hall–Kier alpha value is -1.51. The van der Waals surface area contributed by atoms with Gasteiger partial charge in [-0.15, -0.1) is 0 Å². The fourth-order valence-corrected chi connectivity index (χ4v) is 1.75. The minimum atomic E-state index is 0.0534. The number of hydrogen-bond acceptors (Lipinski definition) is 3. The van der Waals surface area contributed by atoms with Crippen LogP contribution in [0.25, 0.3) is 0 Å². The number of aldehydes is 1. The lowest BCUT2D eigenvalue weighted by Gasteiger charge is -2.17. The van der Waals surface area contributed by atoms with Crippen molar-refractivity contribution in [1.29, 1.82) is 0 Å². The van der Waals surface area contributed by atoms with Gasteiger partial charge < -0.3 is 14.6 Å². The van der Waals surface area contributed by atoms with Crippen LogP contribution < -0.4 is 4.74 Å². The van der Waals surface area contributed by atoms with Crippen molar-refractivity contribution in [2.24, 2.45) is 0 Å². The van der Waals surface area contributed by atoms with Crippen molar-refractivity contribution in [1.82, 2.24) is 0 Å². The van der Waals surface area contributed by atoms with Crippen LogP contribution in [0.4, 0.5) is 0 Å². The molecule has 1 unspecified atom stereocenters. The molecule has 0 fully saturated rings. The molecule has 0 aromatic heterocycles. The number of ether oxygens (including phenoxy) is 1. The Morgan fingerprint density at radius 3 is 2.62 bits per heavy atom. The first-order valence-corrected chi connectivity index (χ1v) is 5.33. The molecule has 0 heterocycles. The Balaban J connectivity index is 3.32. The van der Waals surface area contributed by atoms with Crippen LogP contribution in [0.15, 0.2) is 6.07 Å². The normalized spacial score (nSPS) is 12.2. The minimum absolute atomic E-state index is 0.0534. The summed E-state index contributed by atoms with van der Waals surface area (Å²) in [6, 6.07) is 1.97. The molecule has 1 atom stereocenters. The van der Waals surface area contributed by atoms with Crippen LogP contribution in [0.3, 0.4) is 0 Å². The van der Waals surface area contributed by atoms with Crippen LogP contribution in [-0.4, -0.2) is 18.5 Å². The van der Waals surface area contributed by atoms with E-state index >= 15 is 0 Å². The second kappa shape index (κ2) is 5.01. The molecule has 1 rings (SSSR count). The lowest BCUT2D eigenvalue weighted by molar-refractivity contribution is -0.108. The SMILES string of the molecule is COc1c(C(C)CC=O)cc(C)c(C)c1O. The van der Waals surface area contributed by atoms with Gasteiger partial charge in [-0.3, -0.25) is 0 Å². The highest BCUT2D eigenvalue weighted by Crippen LogP contribution is 2.39. The third kappa shape index (κ3) is 2.18. The van der Waals surface area contributed by atoms with E-state index in [0.29, 0.717) is 12.2 Å². The molecule has 16 heavy (non-hydrogen) atoms. The van der Waals surface area contributed by atoms with Gasteiger partial charge in [0.05, 0.1) is 7.11 Å². The van der Waals surface area contributed by atoms with E-state index in [1.54, 1.807) is 0 Å². The van der Waals surface area contributed by atoms with Gasteiger partial charge in [-0.1, -0.05) is 13.0 Å². The zero-order chi connectivity index (χ0) is 12.3. The number of benzene rings is 1. The Morgan fingerprint density at radius 2 is 2.12 bits per heavy atom. The second-order valence-electron chi connectivity index (χ2n) is 4.09. The highest BCUT2D eigenvalue weighted by atomic mass is 16.5. The maximum Gasteiger partial charge on any atom is 0.164 e. The first kappa shape index (κ1) is 12.6. The first-order valence-electron chi connectivity index (χ1n) is 5.33. The number of methoxy groups -OCH3 is 1. The lowest BCUT2D eigenvalue weighted by atomic mass is 9.93. The van der Waals surface area contributed by atoms with Gasteiger partial charge in [0.1, 0.15) is 6.29 Å². The zero-order valence-electron chi connectivity index (χ0n) is 10.2. The highest BCUT2D eigenvalue weighted by Gasteiger charge is 2.17. The van der Waals surface area contributed by atoms with Gasteiger partial charge >= 0.3 is 0 Å². The number of phenolic OH excluding ortho intramolecular Hbond substituents is 1. The highest BCUT2D eigenvalue weighted by molar-refractivity contribution is 5.58. The van der Waals surface area contributed by atoms with Crippen LogP contribution in [-0.2, 0) is 4.79 Å². The van der Waals surface area contributed by atoms with E-state index < -0.39 is 0 Å².